The van der Waals surface area contributed by atoms with Gasteiger partial charge in [-0.2, -0.15) is 0 Å². The standard InChI is InChI=1S/C23H24/c1-15-14-19(17-10-6-5-7-11-17)21-18-12-8-9-13-20(18)23(3,4)22(21)16(15)2/h5-16H,1-4H3/t15-,16?/m1/s1. The minimum atomic E-state index is 0.119. The summed E-state index contributed by atoms with van der Waals surface area (Å²) < 4.78 is 0. The summed E-state index contributed by atoms with van der Waals surface area (Å²) in [5.74, 6) is 1.15. The van der Waals surface area contributed by atoms with Crippen molar-refractivity contribution < 1.29 is 0 Å². The zero-order chi connectivity index (χ0) is 16.2. The highest BCUT2D eigenvalue weighted by Gasteiger charge is 2.43. The Morgan fingerprint density at radius 3 is 2.22 bits per heavy atom. The monoisotopic (exact) mass is 300 g/mol. The largest absolute Gasteiger partial charge is 0.0726 e. The molecule has 1 unspecified atom stereocenters. The zero-order valence-electron chi connectivity index (χ0n) is 14.4. The molecule has 0 spiro atoms. The van der Waals surface area contributed by atoms with Gasteiger partial charge in [0.05, 0.1) is 0 Å². The molecule has 0 aromatic heterocycles. The van der Waals surface area contributed by atoms with E-state index in [1.807, 2.05) is 0 Å². The molecule has 0 saturated heterocycles. The van der Waals surface area contributed by atoms with E-state index in [0.29, 0.717) is 11.8 Å². The quantitative estimate of drug-likeness (QED) is 0.597. The Morgan fingerprint density at radius 1 is 0.826 bits per heavy atom. The zero-order valence-corrected chi connectivity index (χ0v) is 14.4. The van der Waals surface area contributed by atoms with E-state index in [9.17, 15) is 0 Å². The van der Waals surface area contributed by atoms with Crippen LogP contribution in [0.4, 0.5) is 0 Å². The summed E-state index contributed by atoms with van der Waals surface area (Å²) >= 11 is 0. The van der Waals surface area contributed by atoms with E-state index in [1.165, 1.54) is 27.8 Å². The molecule has 2 aliphatic carbocycles. The molecular formula is C23H24. The Labute approximate surface area is 139 Å². The first-order chi connectivity index (χ1) is 11.0. The maximum atomic E-state index is 2.48. The van der Waals surface area contributed by atoms with Crippen LogP contribution in [0.3, 0.4) is 0 Å². The van der Waals surface area contributed by atoms with Gasteiger partial charge in [0.2, 0.25) is 0 Å². The third-order valence-corrected chi connectivity index (χ3v) is 5.84. The van der Waals surface area contributed by atoms with Gasteiger partial charge in [0, 0.05) is 5.41 Å². The molecule has 2 aliphatic rings. The minimum Gasteiger partial charge on any atom is -0.0726 e. The van der Waals surface area contributed by atoms with E-state index < -0.39 is 0 Å². The van der Waals surface area contributed by atoms with Gasteiger partial charge in [0.15, 0.2) is 0 Å². The highest BCUT2D eigenvalue weighted by molar-refractivity contribution is 6.10. The van der Waals surface area contributed by atoms with Gasteiger partial charge < -0.3 is 0 Å². The number of rotatable bonds is 1. The highest BCUT2D eigenvalue weighted by atomic mass is 14.5. The van der Waals surface area contributed by atoms with Gasteiger partial charge in [-0.15, -0.1) is 0 Å². The molecule has 2 aromatic carbocycles. The minimum absolute atomic E-state index is 0.119. The van der Waals surface area contributed by atoms with Crippen LogP contribution in [-0.4, -0.2) is 0 Å². The highest BCUT2D eigenvalue weighted by Crippen LogP contribution is 2.56. The lowest BCUT2D eigenvalue weighted by Crippen LogP contribution is -2.26. The van der Waals surface area contributed by atoms with Gasteiger partial charge in [-0.05, 0) is 45.2 Å². The molecule has 0 heterocycles. The molecule has 4 rings (SSSR count). The normalized spacial score (nSPS) is 25.0. The van der Waals surface area contributed by atoms with Gasteiger partial charge in [0.25, 0.3) is 0 Å². The lowest BCUT2D eigenvalue weighted by molar-refractivity contribution is 0.454. The van der Waals surface area contributed by atoms with Crippen LogP contribution < -0.4 is 0 Å². The molecule has 0 N–H and O–H groups in total. The van der Waals surface area contributed by atoms with Crippen LogP contribution in [0, 0.1) is 11.8 Å². The van der Waals surface area contributed by atoms with E-state index in [4.69, 9.17) is 0 Å². The average Bonchev–Trinajstić information content (AvgIpc) is 2.80. The van der Waals surface area contributed by atoms with Crippen molar-refractivity contribution in [2.75, 3.05) is 0 Å². The van der Waals surface area contributed by atoms with Crippen LogP contribution in [0.25, 0.3) is 11.1 Å². The van der Waals surface area contributed by atoms with E-state index in [2.05, 4.69) is 88.4 Å². The summed E-state index contributed by atoms with van der Waals surface area (Å²) in [6.07, 6.45) is 2.48. The van der Waals surface area contributed by atoms with Gasteiger partial charge in [-0.25, -0.2) is 0 Å². The Morgan fingerprint density at radius 2 is 1.48 bits per heavy atom. The molecular weight excluding hydrogens is 276 g/mol. The summed E-state index contributed by atoms with van der Waals surface area (Å²) in [5, 5.41) is 0. The summed E-state index contributed by atoms with van der Waals surface area (Å²) in [6.45, 7) is 9.54. The molecule has 0 saturated carbocycles. The summed E-state index contributed by atoms with van der Waals surface area (Å²) in [4.78, 5) is 0. The van der Waals surface area contributed by atoms with Crippen molar-refractivity contribution >= 4 is 11.1 Å². The van der Waals surface area contributed by atoms with Crippen LogP contribution in [0.15, 0.2) is 66.2 Å². The van der Waals surface area contributed by atoms with Crippen LogP contribution in [0.5, 0.6) is 0 Å². The van der Waals surface area contributed by atoms with Crippen molar-refractivity contribution in [2.45, 2.75) is 33.1 Å². The summed E-state index contributed by atoms with van der Waals surface area (Å²) in [7, 11) is 0. The van der Waals surface area contributed by atoms with Crippen LogP contribution in [0.2, 0.25) is 0 Å². The summed E-state index contributed by atoms with van der Waals surface area (Å²) in [6, 6.07) is 19.8. The molecule has 0 fully saturated rings. The maximum Gasteiger partial charge on any atom is 0.0123 e. The number of hydrogen-bond acceptors (Lipinski definition) is 0. The van der Waals surface area contributed by atoms with Crippen molar-refractivity contribution in [3.63, 3.8) is 0 Å². The number of hydrogen-bond donors (Lipinski definition) is 0. The molecule has 2 atom stereocenters. The first kappa shape index (κ1) is 14.5. The predicted molar refractivity (Wildman–Crippen MR) is 99.1 cm³/mol. The molecule has 116 valence electrons. The second-order valence-electron chi connectivity index (χ2n) is 7.55. The van der Waals surface area contributed by atoms with E-state index in [1.54, 1.807) is 5.57 Å². The van der Waals surface area contributed by atoms with Gasteiger partial charge in [-0.1, -0.05) is 88.4 Å². The molecule has 0 aliphatic heterocycles. The molecule has 0 amide bonds. The van der Waals surface area contributed by atoms with Crippen molar-refractivity contribution in [2.24, 2.45) is 11.8 Å². The van der Waals surface area contributed by atoms with Gasteiger partial charge >= 0.3 is 0 Å². The molecule has 0 nitrogen and oxygen atoms in total. The third-order valence-electron chi connectivity index (χ3n) is 5.84. The lowest BCUT2D eigenvalue weighted by atomic mass is 9.69. The Bertz CT molecular complexity index is 818. The molecule has 0 bridgehead atoms. The Hall–Kier alpha value is -2.08. The van der Waals surface area contributed by atoms with Gasteiger partial charge in [0.1, 0.15) is 0 Å². The lowest BCUT2D eigenvalue weighted by Gasteiger charge is -2.35. The Kier molecular flexibility index (Phi) is 3.13. The van der Waals surface area contributed by atoms with E-state index in [0.717, 1.165) is 0 Å². The fourth-order valence-corrected chi connectivity index (χ4v) is 4.55. The van der Waals surface area contributed by atoms with Crippen molar-refractivity contribution in [1.29, 1.82) is 0 Å². The molecule has 23 heavy (non-hydrogen) atoms. The maximum absolute atomic E-state index is 2.48. The first-order valence-electron chi connectivity index (χ1n) is 8.64. The van der Waals surface area contributed by atoms with Crippen molar-refractivity contribution in [3.8, 4) is 0 Å². The molecule has 0 radical (unpaired) electrons. The van der Waals surface area contributed by atoms with Crippen LogP contribution in [-0.2, 0) is 5.41 Å². The van der Waals surface area contributed by atoms with Gasteiger partial charge in [-0.3, -0.25) is 0 Å². The topological polar surface area (TPSA) is 0 Å². The van der Waals surface area contributed by atoms with E-state index in [-0.39, 0.29) is 5.41 Å². The molecule has 0 heteroatoms. The second kappa shape index (κ2) is 4.96. The Balaban J connectivity index is 2.02. The number of fused-ring (bicyclic) bond motifs is 2. The average molecular weight is 300 g/mol. The molecule has 2 aromatic rings. The predicted octanol–water partition coefficient (Wildman–Crippen LogP) is 6.10. The van der Waals surface area contributed by atoms with Crippen LogP contribution >= 0.6 is 0 Å². The van der Waals surface area contributed by atoms with E-state index >= 15 is 0 Å². The van der Waals surface area contributed by atoms with Crippen molar-refractivity contribution in [3.05, 3.63) is 82.9 Å². The van der Waals surface area contributed by atoms with Crippen LogP contribution in [0.1, 0.15) is 44.4 Å². The fourth-order valence-electron chi connectivity index (χ4n) is 4.55. The van der Waals surface area contributed by atoms with Crippen molar-refractivity contribution in [1.82, 2.24) is 0 Å². The summed E-state index contributed by atoms with van der Waals surface area (Å²) in [5.41, 5.74) is 8.90. The third kappa shape index (κ3) is 1.97. The number of allylic oxidation sites excluding steroid dienone is 4. The first-order valence-corrected chi connectivity index (χ1v) is 8.64. The fraction of sp³-hybridized carbons (Fsp3) is 0.304. The number of benzene rings is 2. The second-order valence-corrected chi connectivity index (χ2v) is 7.55. The SMILES string of the molecule is CC1C2=C(C(c3ccccc3)=C[C@H]1C)c1ccccc1C2(C)C. The smallest absolute Gasteiger partial charge is 0.0123 e.